The lowest BCUT2D eigenvalue weighted by atomic mass is 10.3. The lowest BCUT2D eigenvalue weighted by Gasteiger charge is -2.12. The largest absolute Gasteiger partial charge is 0.495 e. The molecule has 0 aliphatic rings. The molecule has 1 aromatic heterocycles. The van der Waals surface area contributed by atoms with E-state index >= 15 is 0 Å². The minimum atomic E-state index is -3.95. The fourth-order valence-corrected chi connectivity index (χ4v) is 4.71. The number of nitrogens with zero attached hydrogens (tertiary/aromatic N) is 2. The van der Waals surface area contributed by atoms with Crippen molar-refractivity contribution in [3.8, 4) is 5.75 Å². The molecule has 5 nitrogen and oxygen atoms in total. The van der Waals surface area contributed by atoms with Crippen LogP contribution in [0.1, 0.15) is 5.82 Å². The van der Waals surface area contributed by atoms with Crippen molar-refractivity contribution in [1.29, 1.82) is 0 Å². The summed E-state index contributed by atoms with van der Waals surface area (Å²) in [6.07, 6.45) is 0. The number of methoxy groups -OCH3 is 1. The number of halogens is 2. The molecule has 0 spiro atoms. The van der Waals surface area contributed by atoms with Crippen molar-refractivity contribution >= 4 is 44.3 Å². The van der Waals surface area contributed by atoms with Crippen molar-refractivity contribution < 1.29 is 13.2 Å². The number of hydrogen-bond donors (Lipinski definition) is 0. The van der Waals surface area contributed by atoms with E-state index in [0.717, 1.165) is 3.97 Å². The van der Waals surface area contributed by atoms with Crippen LogP contribution in [0.3, 0.4) is 0 Å². The SMILES string of the molecule is COc1cc(Cl)c(S(=O)(=O)n2c(C)nc3ccccc32)cc1Cl. The zero-order chi connectivity index (χ0) is 16.8. The molecular weight excluding hydrogens is 359 g/mol. The number of benzene rings is 2. The molecule has 120 valence electrons. The second-order valence-corrected chi connectivity index (χ2v) is 7.40. The zero-order valence-electron chi connectivity index (χ0n) is 12.2. The third-order valence-electron chi connectivity index (χ3n) is 3.40. The van der Waals surface area contributed by atoms with Gasteiger partial charge in [0.15, 0.2) is 0 Å². The highest BCUT2D eigenvalue weighted by atomic mass is 35.5. The Morgan fingerprint density at radius 2 is 1.83 bits per heavy atom. The fraction of sp³-hybridized carbons (Fsp3) is 0.133. The van der Waals surface area contributed by atoms with E-state index < -0.39 is 10.0 Å². The average molecular weight is 371 g/mol. The predicted octanol–water partition coefficient (Wildman–Crippen LogP) is 3.90. The van der Waals surface area contributed by atoms with E-state index in [4.69, 9.17) is 27.9 Å². The molecule has 0 radical (unpaired) electrons. The highest BCUT2D eigenvalue weighted by Gasteiger charge is 2.26. The fourth-order valence-electron chi connectivity index (χ4n) is 2.39. The zero-order valence-corrected chi connectivity index (χ0v) is 14.6. The average Bonchev–Trinajstić information content (AvgIpc) is 2.85. The normalized spacial score (nSPS) is 11.8. The summed E-state index contributed by atoms with van der Waals surface area (Å²) in [5, 5.41) is 0.195. The first-order valence-corrected chi connectivity index (χ1v) is 8.78. The van der Waals surface area contributed by atoms with Gasteiger partial charge in [0.1, 0.15) is 16.5 Å². The minimum absolute atomic E-state index is 0.0310. The summed E-state index contributed by atoms with van der Waals surface area (Å²) in [6, 6.07) is 9.64. The Balaban J connectivity index is 2.30. The van der Waals surface area contributed by atoms with Gasteiger partial charge in [0.2, 0.25) is 0 Å². The van der Waals surface area contributed by atoms with Crippen LogP contribution in [0.5, 0.6) is 5.75 Å². The van der Waals surface area contributed by atoms with Crippen LogP contribution in [-0.2, 0) is 10.0 Å². The lowest BCUT2D eigenvalue weighted by molar-refractivity contribution is 0.414. The molecule has 2 aromatic carbocycles. The molecule has 0 unspecified atom stereocenters. The van der Waals surface area contributed by atoms with Gasteiger partial charge in [-0.3, -0.25) is 0 Å². The number of rotatable bonds is 3. The molecule has 0 aliphatic heterocycles. The molecule has 0 amide bonds. The van der Waals surface area contributed by atoms with Gasteiger partial charge in [0.25, 0.3) is 10.0 Å². The summed E-state index contributed by atoms with van der Waals surface area (Å²) >= 11 is 12.2. The summed E-state index contributed by atoms with van der Waals surface area (Å²) in [5.41, 5.74) is 1.07. The molecule has 1 heterocycles. The van der Waals surface area contributed by atoms with Crippen LogP contribution in [0.25, 0.3) is 11.0 Å². The third-order valence-corrected chi connectivity index (χ3v) is 5.96. The maximum absolute atomic E-state index is 13.0. The van der Waals surface area contributed by atoms with Crippen LogP contribution < -0.4 is 4.74 Å². The van der Waals surface area contributed by atoms with Gasteiger partial charge in [-0.25, -0.2) is 17.4 Å². The monoisotopic (exact) mass is 370 g/mol. The number of aryl methyl sites for hydroxylation is 1. The van der Waals surface area contributed by atoms with Crippen LogP contribution >= 0.6 is 23.2 Å². The van der Waals surface area contributed by atoms with Crippen LogP contribution in [0.4, 0.5) is 0 Å². The van der Waals surface area contributed by atoms with Crippen molar-refractivity contribution in [2.45, 2.75) is 11.8 Å². The van der Waals surface area contributed by atoms with Crippen molar-refractivity contribution in [2.24, 2.45) is 0 Å². The van der Waals surface area contributed by atoms with Gasteiger partial charge >= 0.3 is 0 Å². The summed E-state index contributed by atoms with van der Waals surface area (Å²) in [5.74, 6) is 0.650. The number of fused-ring (bicyclic) bond motifs is 1. The van der Waals surface area contributed by atoms with Gasteiger partial charge in [0, 0.05) is 6.07 Å². The first-order chi connectivity index (χ1) is 10.9. The molecule has 0 aliphatic carbocycles. The Bertz CT molecular complexity index is 1010. The Hall–Kier alpha value is -1.76. The molecule has 0 saturated carbocycles. The first kappa shape index (κ1) is 16.1. The molecule has 3 rings (SSSR count). The topological polar surface area (TPSA) is 61.2 Å². The number of para-hydroxylation sites is 2. The molecule has 8 heteroatoms. The van der Waals surface area contributed by atoms with Gasteiger partial charge < -0.3 is 4.74 Å². The molecular formula is C15H12Cl2N2O3S. The molecule has 0 bridgehead atoms. The van der Waals surface area contributed by atoms with Crippen LogP contribution in [0, 0.1) is 6.92 Å². The van der Waals surface area contributed by atoms with E-state index in [1.165, 1.54) is 19.2 Å². The van der Waals surface area contributed by atoms with Crippen LogP contribution in [-0.4, -0.2) is 24.5 Å². The van der Waals surface area contributed by atoms with Crippen molar-refractivity contribution in [2.75, 3.05) is 7.11 Å². The Morgan fingerprint density at radius 3 is 2.52 bits per heavy atom. The van der Waals surface area contributed by atoms with Gasteiger partial charge in [0.05, 0.1) is 28.2 Å². The van der Waals surface area contributed by atoms with Gasteiger partial charge in [-0.2, -0.15) is 0 Å². The molecule has 3 aromatic rings. The number of ether oxygens (including phenoxy) is 1. The van der Waals surface area contributed by atoms with Crippen molar-refractivity contribution in [1.82, 2.24) is 8.96 Å². The number of hydrogen-bond acceptors (Lipinski definition) is 4. The standard InChI is InChI=1S/C15H12Cl2N2O3S/c1-9-18-12-5-3-4-6-13(12)19(9)23(20,21)15-8-10(16)14(22-2)7-11(15)17/h3-8H,1-2H3. The minimum Gasteiger partial charge on any atom is -0.495 e. The van der Waals surface area contributed by atoms with Crippen LogP contribution in [0.2, 0.25) is 10.0 Å². The Labute approximate surface area is 143 Å². The van der Waals surface area contributed by atoms with Crippen molar-refractivity contribution in [3.63, 3.8) is 0 Å². The van der Waals surface area contributed by atoms with E-state index in [1.807, 2.05) is 0 Å². The van der Waals surface area contributed by atoms with E-state index in [-0.39, 0.29) is 14.9 Å². The van der Waals surface area contributed by atoms with Gasteiger partial charge in [-0.05, 0) is 25.1 Å². The molecule has 0 N–H and O–H groups in total. The maximum atomic E-state index is 13.0. The van der Waals surface area contributed by atoms with E-state index in [9.17, 15) is 8.42 Å². The van der Waals surface area contributed by atoms with Gasteiger partial charge in [-0.15, -0.1) is 0 Å². The molecule has 0 fully saturated rings. The summed E-state index contributed by atoms with van der Waals surface area (Å²) in [7, 11) is -2.52. The Kier molecular flexibility index (Phi) is 4.00. The molecule has 0 saturated heterocycles. The summed E-state index contributed by atoms with van der Waals surface area (Å²) in [6.45, 7) is 1.62. The van der Waals surface area contributed by atoms with E-state index in [0.29, 0.717) is 22.6 Å². The summed E-state index contributed by atoms with van der Waals surface area (Å²) in [4.78, 5) is 4.17. The molecule has 23 heavy (non-hydrogen) atoms. The van der Waals surface area contributed by atoms with Crippen molar-refractivity contribution in [3.05, 3.63) is 52.3 Å². The van der Waals surface area contributed by atoms with Gasteiger partial charge in [-0.1, -0.05) is 35.3 Å². The predicted molar refractivity (Wildman–Crippen MR) is 90.1 cm³/mol. The lowest BCUT2D eigenvalue weighted by Crippen LogP contribution is -2.15. The van der Waals surface area contributed by atoms with E-state index in [2.05, 4.69) is 4.98 Å². The smallest absolute Gasteiger partial charge is 0.271 e. The first-order valence-electron chi connectivity index (χ1n) is 6.59. The quantitative estimate of drug-likeness (QED) is 0.701. The second kappa shape index (κ2) is 5.70. The van der Waals surface area contributed by atoms with Crippen LogP contribution in [0.15, 0.2) is 41.3 Å². The van der Waals surface area contributed by atoms with E-state index in [1.54, 1.807) is 31.2 Å². The molecule has 0 atom stereocenters. The Morgan fingerprint density at radius 1 is 1.13 bits per heavy atom. The highest BCUT2D eigenvalue weighted by molar-refractivity contribution is 7.90. The third kappa shape index (κ3) is 2.56. The highest BCUT2D eigenvalue weighted by Crippen LogP contribution is 2.35. The number of imidazole rings is 1. The number of aromatic nitrogens is 2. The second-order valence-electron chi connectivity index (χ2n) is 4.83. The summed E-state index contributed by atoms with van der Waals surface area (Å²) < 4.78 is 32.3. The maximum Gasteiger partial charge on any atom is 0.271 e.